The van der Waals surface area contributed by atoms with Crippen molar-refractivity contribution < 1.29 is 19.7 Å². The van der Waals surface area contributed by atoms with Crippen LogP contribution in [0.5, 0.6) is 11.5 Å². The number of unbranched alkanes of at least 4 members (excludes halogenated alkanes) is 4. The van der Waals surface area contributed by atoms with Crippen LogP contribution in [0, 0.1) is 12.3 Å². The van der Waals surface area contributed by atoms with Crippen LogP contribution in [0.3, 0.4) is 0 Å². The quantitative estimate of drug-likeness (QED) is 0.253. The molecule has 0 saturated carbocycles. The Kier molecular flexibility index (Phi) is 7.52. The maximum Gasteiger partial charge on any atom is 0.330 e. The predicted octanol–water partition coefficient (Wildman–Crippen LogP) is 3.24. The monoisotopic (exact) mass is 288 g/mol. The number of aromatic hydroxyl groups is 2. The lowest BCUT2D eigenvalue weighted by Gasteiger charge is -2.02. The van der Waals surface area contributed by atoms with Crippen molar-refractivity contribution in [2.24, 2.45) is 0 Å². The average Bonchev–Trinajstić information content (AvgIpc) is 2.47. The zero-order valence-corrected chi connectivity index (χ0v) is 11.9. The standard InChI is InChI=1S/C17H20O4/c1-2-3-4-5-6-7-12-21-17(20)11-9-14-8-10-15(18)16(19)13-14/h1,8-11,13,18-19H,3-7,12H2/b11-9+. The number of hydrogen-bond donors (Lipinski definition) is 2. The molecule has 0 aliphatic carbocycles. The molecule has 0 radical (unpaired) electrons. The zero-order chi connectivity index (χ0) is 15.5. The first-order chi connectivity index (χ1) is 10.1. The van der Waals surface area contributed by atoms with E-state index in [-0.39, 0.29) is 11.5 Å². The molecule has 0 aromatic heterocycles. The number of rotatable bonds is 8. The highest BCUT2D eigenvalue weighted by molar-refractivity contribution is 5.87. The number of ether oxygens (including phenoxy) is 1. The van der Waals surface area contributed by atoms with E-state index in [9.17, 15) is 9.90 Å². The third-order valence-corrected chi connectivity index (χ3v) is 2.87. The maximum atomic E-state index is 11.5. The van der Waals surface area contributed by atoms with Crippen LogP contribution in [-0.4, -0.2) is 22.8 Å². The Morgan fingerprint density at radius 3 is 2.67 bits per heavy atom. The highest BCUT2D eigenvalue weighted by Gasteiger charge is 2.00. The molecule has 0 spiro atoms. The maximum absolute atomic E-state index is 11.5. The molecule has 2 N–H and O–H groups in total. The van der Waals surface area contributed by atoms with Crippen molar-refractivity contribution in [2.45, 2.75) is 32.1 Å². The number of hydrogen-bond acceptors (Lipinski definition) is 4. The van der Waals surface area contributed by atoms with Gasteiger partial charge in [-0.1, -0.05) is 18.9 Å². The van der Waals surface area contributed by atoms with E-state index in [1.54, 1.807) is 6.07 Å². The SMILES string of the molecule is C#CCCCCCCOC(=O)/C=C/c1ccc(O)c(O)c1. The van der Waals surface area contributed by atoms with E-state index in [1.165, 1.54) is 24.3 Å². The lowest BCUT2D eigenvalue weighted by molar-refractivity contribution is -0.137. The number of carbonyl (C=O) groups excluding carboxylic acids is 1. The molecule has 0 bridgehead atoms. The van der Waals surface area contributed by atoms with Gasteiger partial charge in [-0.2, -0.15) is 0 Å². The molecule has 0 fully saturated rings. The summed E-state index contributed by atoms with van der Waals surface area (Å²) in [4.78, 5) is 11.5. The number of terminal acetylenes is 1. The van der Waals surface area contributed by atoms with Crippen LogP contribution < -0.4 is 0 Å². The molecule has 0 heterocycles. The van der Waals surface area contributed by atoms with Crippen molar-refractivity contribution in [1.82, 2.24) is 0 Å². The third kappa shape index (κ3) is 7.07. The second-order valence-corrected chi connectivity index (χ2v) is 4.62. The van der Waals surface area contributed by atoms with Gasteiger partial charge < -0.3 is 14.9 Å². The van der Waals surface area contributed by atoms with Gasteiger partial charge in [-0.25, -0.2) is 4.79 Å². The Morgan fingerprint density at radius 1 is 1.19 bits per heavy atom. The van der Waals surface area contributed by atoms with Crippen LogP contribution in [0.15, 0.2) is 24.3 Å². The minimum atomic E-state index is -0.425. The summed E-state index contributed by atoms with van der Waals surface area (Å²) in [6.45, 7) is 0.389. The minimum Gasteiger partial charge on any atom is -0.504 e. The molecular formula is C17H20O4. The molecule has 0 amide bonds. The molecule has 0 aliphatic rings. The molecular weight excluding hydrogens is 268 g/mol. The van der Waals surface area contributed by atoms with Crippen molar-refractivity contribution >= 4 is 12.0 Å². The Balaban J connectivity index is 2.22. The molecule has 1 aromatic rings. The van der Waals surface area contributed by atoms with Gasteiger partial charge in [0.05, 0.1) is 6.61 Å². The van der Waals surface area contributed by atoms with Gasteiger partial charge in [0.15, 0.2) is 11.5 Å². The summed E-state index contributed by atoms with van der Waals surface area (Å²) >= 11 is 0. The van der Waals surface area contributed by atoms with Gasteiger partial charge >= 0.3 is 5.97 Å². The lowest BCUT2D eigenvalue weighted by Crippen LogP contribution is -2.02. The van der Waals surface area contributed by atoms with E-state index in [0.717, 1.165) is 32.1 Å². The number of carbonyl (C=O) groups is 1. The zero-order valence-electron chi connectivity index (χ0n) is 11.9. The Labute approximate surface area is 125 Å². The van der Waals surface area contributed by atoms with Gasteiger partial charge in [-0.15, -0.1) is 12.3 Å². The van der Waals surface area contributed by atoms with Crippen molar-refractivity contribution in [2.75, 3.05) is 6.61 Å². The van der Waals surface area contributed by atoms with Gasteiger partial charge in [-0.05, 0) is 36.6 Å². The average molecular weight is 288 g/mol. The third-order valence-electron chi connectivity index (χ3n) is 2.87. The first kappa shape index (κ1) is 16.6. The van der Waals surface area contributed by atoms with Crippen molar-refractivity contribution in [1.29, 1.82) is 0 Å². The fourth-order valence-electron chi connectivity index (χ4n) is 1.71. The molecule has 112 valence electrons. The molecule has 4 nitrogen and oxygen atoms in total. The number of phenols is 2. The van der Waals surface area contributed by atoms with Gasteiger partial charge in [-0.3, -0.25) is 0 Å². The van der Waals surface area contributed by atoms with E-state index >= 15 is 0 Å². The summed E-state index contributed by atoms with van der Waals surface area (Å²) in [7, 11) is 0. The summed E-state index contributed by atoms with van der Waals surface area (Å²) in [5, 5.41) is 18.5. The predicted molar refractivity (Wildman–Crippen MR) is 81.7 cm³/mol. The minimum absolute atomic E-state index is 0.195. The highest BCUT2D eigenvalue weighted by Crippen LogP contribution is 2.25. The van der Waals surface area contributed by atoms with Crippen LogP contribution >= 0.6 is 0 Å². The molecule has 0 unspecified atom stereocenters. The van der Waals surface area contributed by atoms with Crippen molar-refractivity contribution in [3.63, 3.8) is 0 Å². The molecule has 1 rings (SSSR count). The smallest absolute Gasteiger partial charge is 0.330 e. The molecule has 0 saturated heterocycles. The Hall–Kier alpha value is -2.41. The van der Waals surface area contributed by atoms with Crippen LogP contribution in [0.25, 0.3) is 6.08 Å². The highest BCUT2D eigenvalue weighted by atomic mass is 16.5. The van der Waals surface area contributed by atoms with Crippen LogP contribution in [0.4, 0.5) is 0 Å². The van der Waals surface area contributed by atoms with E-state index in [0.29, 0.717) is 12.2 Å². The lowest BCUT2D eigenvalue weighted by atomic mass is 10.1. The topological polar surface area (TPSA) is 66.8 Å². The van der Waals surface area contributed by atoms with Gasteiger partial charge in [0, 0.05) is 12.5 Å². The van der Waals surface area contributed by atoms with Crippen molar-refractivity contribution in [3.05, 3.63) is 29.8 Å². The van der Waals surface area contributed by atoms with E-state index in [2.05, 4.69) is 5.92 Å². The summed E-state index contributed by atoms with van der Waals surface area (Å²) in [5.74, 6) is 1.74. The second-order valence-electron chi connectivity index (χ2n) is 4.62. The normalized spacial score (nSPS) is 10.4. The van der Waals surface area contributed by atoms with E-state index in [4.69, 9.17) is 16.3 Å². The van der Waals surface area contributed by atoms with E-state index in [1.807, 2.05) is 0 Å². The number of phenolic OH excluding ortho intramolecular Hbond substituents is 2. The molecule has 0 atom stereocenters. The van der Waals surface area contributed by atoms with Crippen LogP contribution in [0.2, 0.25) is 0 Å². The van der Waals surface area contributed by atoms with Crippen LogP contribution in [-0.2, 0) is 9.53 Å². The summed E-state index contributed by atoms with van der Waals surface area (Å²) in [6.07, 6.45) is 12.6. The summed E-state index contributed by atoms with van der Waals surface area (Å²) < 4.78 is 5.05. The molecule has 1 aromatic carbocycles. The first-order valence-corrected chi connectivity index (χ1v) is 6.94. The fourth-order valence-corrected chi connectivity index (χ4v) is 1.71. The molecule has 21 heavy (non-hydrogen) atoms. The molecule has 4 heteroatoms. The van der Waals surface area contributed by atoms with Gasteiger partial charge in [0.2, 0.25) is 0 Å². The second kappa shape index (κ2) is 9.49. The van der Waals surface area contributed by atoms with Crippen LogP contribution in [0.1, 0.15) is 37.7 Å². The fraction of sp³-hybridized carbons (Fsp3) is 0.353. The summed E-state index contributed by atoms with van der Waals surface area (Å²) in [5.41, 5.74) is 0.608. The van der Waals surface area contributed by atoms with Gasteiger partial charge in [0.25, 0.3) is 0 Å². The van der Waals surface area contributed by atoms with Crippen molar-refractivity contribution in [3.8, 4) is 23.8 Å². The molecule has 0 aliphatic heterocycles. The Morgan fingerprint density at radius 2 is 1.95 bits per heavy atom. The van der Waals surface area contributed by atoms with Gasteiger partial charge in [0.1, 0.15) is 0 Å². The van der Waals surface area contributed by atoms with E-state index < -0.39 is 5.97 Å². The largest absolute Gasteiger partial charge is 0.504 e. The summed E-state index contributed by atoms with van der Waals surface area (Å²) in [6, 6.07) is 4.31. The number of benzene rings is 1. The first-order valence-electron chi connectivity index (χ1n) is 6.94. The Bertz CT molecular complexity index is 526. The number of esters is 1.